The number of rotatable bonds is 9. The third-order valence-corrected chi connectivity index (χ3v) is 7.87. The third kappa shape index (κ3) is 6.54. The predicted molar refractivity (Wildman–Crippen MR) is 137 cm³/mol. The largest absolute Gasteiger partial charge is 0.489 e. The van der Waals surface area contributed by atoms with E-state index in [1.807, 2.05) is 18.4 Å². The van der Waals surface area contributed by atoms with Gasteiger partial charge in [-0.15, -0.1) is 0 Å². The van der Waals surface area contributed by atoms with Crippen LogP contribution in [0.25, 0.3) is 0 Å². The maximum Gasteiger partial charge on any atom is 0.150 e. The molecule has 3 aliphatic heterocycles. The molecule has 0 aromatic heterocycles. The Kier molecular flexibility index (Phi) is 8.55. The average molecular weight is 481 g/mol. The summed E-state index contributed by atoms with van der Waals surface area (Å²) in [6.45, 7) is 3.92. The van der Waals surface area contributed by atoms with Crippen molar-refractivity contribution in [3.8, 4) is 0 Å². The standard InChI is InChI=1S/C29H40N2O4/c32-20-23-8-11-26(34-21-27-5-4-18-33-27)19-22(23)14-15-30-24-9-12-25(13-10-24)35-29-7-3-17-31-16-2-1-6-28(29)31/h8-9,12-15,19-20,24,26-30H,1-7,10-11,16-18,21H2/b15-14-/t24?,26?,27-,28?,29?/m1/s1. The van der Waals surface area contributed by atoms with Crippen LogP contribution in [-0.2, 0) is 19.0 Å². The summed E-state index contributed by atoms with van der Waals surface area (Å²) in [4.78, 5) is 14.2. The van der Waals surface area contributed by atoms with Gasteiger partial charge in [-0.2, -0.15) is 0 Å². The molecule has 6 heteroatoms. The van der Waals surface area contributed by atoms with E-state index in [4.69, 9.17) is 14.2 Å². The minimum absolute atomic E-state index is 0.0142. The van der Waals surface area contributed by atoms with E-state index in [2.05, 4.69) is 34.5 Å². The highest BCUT2D eigenvalue weighted by Crippen LogP contribution is 2.30. The van der Waals surface area contributed by atoms with E-state index < -0.39 is 0 Å². The second-order valence-electron chi connectivity index (χ2n) is 10.3. The average Bonchev–Trinajstić information content (AvgIpc) is 3.43. The molecule has 0 aromatic carbocycles. The lowest BCUT2D eigenvalue weighted by molar-refractivity contribution is -0.104. The first-order chi connectivity index (χ1) is 17.3. The molecule has 6 nitrogen and oxygen atoms in total. The molecule has 4 unspecified atom stereocenters. The van der Waals surface area contributed by atoms with Gasteiger partial charge in [0.05, 0.1) is 18.8 Å². The molecule has 3 fully saturated rings. The molecule has 0 bridgehead atoms. The number of carbonyl (C=O) groups is 1. The molecule has 5 rings (SSSR count). The number of nitrogens with zero attached hydrogens (tertiary/aromatic N) is 1. The van der Waals surface area contributed by atoms with Crippen LogP contribution in [0.3, 0.4) is 0 Å². The topological polar surface area (TPSA) is 60.0 Å². The van der Waals surface area contributed by atoms with E-state index in [1.54, 1.807) is 0 Å². The van der Waals surface area contributed by atoms with Gasteiger partial charge in [-0.1, -0.05) is 18.6 Å². The Morgan fingerprint density at radius 2 is 2.00 bits per heavy atom. The van der Waals surface area contributed by atoms with Gasteiger partial charge >= 0.3 is 0 Å². The maximum atomic E-state index is 11.5. The number of hydrogen-bond donors (Lipinski definition) is 1. The number of ether oxygens (including phenoxy) is 3. The van der Waals surface area contributed by atoms with Crippen molar-refractivity contribution in [3.63, 3.8) is 0 Å². The van der Waals surface area contributed by atoms with E-state index in [9.17, 15) is 4.79 Å². The van der Waals surface area contributed by atoms with Crippen LogP contribution in [0.4, 0.5) is 0 Å². The van der Waals surface area contributed by atoms with E-state index in [1.165, 1.54) is 38.8 Å². The fourth-order valence-electron chi connectivity index (χ4n) is 5.91. The van der Waals surface area contributed by atoms with Crippen molar-refractivity contribution in [2.24, 2.45) is 0 Å². The molecule has 1 N–H and O–H groups in total. The smallest absolute Gasteiger partial charge is 0.150 e. The van der Waals surface area contributed by atoms with Gasteiger partial charge in [-0.05, 0) is 101 Å². The fourth-order valence-corrected chi connectivity index (χ4v) is 5.91. The van der Waals surface area contributed by atoms with Crippen molar-refractivity contribution in [1.29, 1.82) is 0 Å². The summed E-state index contributed by atoms with van der Waals surface area (Å²) < 4.78 is 18.2. The van der Waals surface area contributed by atoms with E-state index in [-0.39, 0.29) is 18.2 Å². The zero-order chi connectivity index (χ0) is 23.9. The second kappa shape index (κ2) is 12.2. The molecule has 3 heterocycles. The van der Waals surface area contributed by atoms with Crippen LogP contribution < -0.4 is 5.32 Å². The zero-order valence-electron chi connectivity index (χ0n) is 20.8. The van der Waals surface area contributed by atoms with Gasteiger partial charge in [0.2, 0.25) is 0 Å². The number of hydrogen-bond acceptors (Lipinski definition) is 6. The van der Waals surface area contributed by atoms with Crippen molar-refractivity contribution in [2.45, 2.75) is 88.2 Å². The summed E-state index contributed by atoms with van der Waals surface area (Å²) in [7, 11) is 0. The Morgan fingerprint density at radius 3 is 2.83 bits per heavy atom. The summed E-state index contributed by atoms with van der Waals surface area (Å²) in [6.07, 6.45) is 26.0. The minimum atomic E-state index is -0.0142. The van der Waals surface area contributed by atoms with Gasteiger partial charge in [-0.3, -0.25) is 9.69 Å². The van der Waals surface area contributed by atoms with Crippen molar-refractivity contribution in [1.82, 2.24) is 10.2 Å². The molecule has 0 saturated carbocycles. The number of fused-ring (bicyclic) bond motifs is 1. The maximum absolute atomic E-state index is 11.5. The number of allylic oxidation sites excluding steroid dienone is 4. The zero-order valence-corrected chi connectivity index (χ0v) is 20.8. The highest BCUT2D eigenvalue weighted by Gasteiger charge is 2.34. The number of nitrogens with one attached hydrogen (secondary N) is 1. The monoisotopic (exact) mass is 480 g/mol. The van der Waals surface area contributed by atoms with Gasteiger partial charge < -0.3 is 19.5 Å². The van der Waals surface area contributed by atoms with E-state index in [0.717, 1.165) is 61.9 Å². The van der Waals surface area contributed by atoms with Crippen LogP contribution in [0.5, 0.6) is 0 Å². The minimum Gasteiger partial charge on any atom is -0.489 e. The van der Waals surface area contributed by atoms with Crippen molar-refractivity contribution in [3.05, 3.63) is 59.6 Å². The quantitative estimate of drug-likeness (QED) is 0.495. The van der Waals surface area contributed by atoms with Crippen molar-refractivity contribution in [2.75, 3.05) is 26.3 Å². The van der Waals surface area contributed by atoms with Crippen LogP contribution in [0.15, 0.2) is 59.6 Å². The molecule has 0 spiro atoms. The van der Waals surface area contributed by atoms with Gasteiger partial charge in [0.15, 0.2) is 0 Å². The van der Waals surface area contributed by atoms with Gasteiger partial charge in [0.25, 0.3) is 0 Å². The van der Waals surface area contributed by atoms with Crippen LogP contribution in [-0.4, -0.2) is 67.9 Å². The Bertz CT molecular complexity index is 881. The number of carbonyl (C=O) groups excluding carboxylic acids is 1. The highest BCUT2D eigenvalue weighted by atomic mass is 16.5. The number of aldehydes is 1. The Labute approximate surface area is 209 Å². The Hall–Kier alpha value is -2.15. The second-order valence-corrected chi connectivity index (χ2v) is 10.3. The Balaban J connectivity index is 1.09. The molecule has 0 radical (unpaired) electrons. The van der Waals surface area contributed by atoms with Gasteiger partial charge in [-0.25, -0.2) is 0 Å². The fraction of sp³-hybridized carbons (Fsp3) is 0.621. The Morgan fingerprint density at radius 1 is 1.06 bits per heavy atom. The van der Waals surface area contributed by atoms with Crippen molar-refractivity contribution < 1.29 is 19.0 Å². The lowest BCUT2D eigenvalue weighted by Gasteiger charge is -2.44. The van der Waals surface area contributed by atoms with Crippen LogP contribution in [0.1, 0.15) is 57.8 Å². The summed E-state index contributed by atoms with van der Waals surface area (Å²) in [6, 6.07) is 0.809. The van der Waals surface area contributed by atoms with Crippen molar-refractivity contribution >= 4 is 6.29 Å². The summed E-state index contributed by atoms with van der Waals surface area (Å²) in [5.74, 6) is 1.01. The summed E-state index contributed by atoms with van der Waals surface area (Å²) in [5, 5.41) is 3.45. The SMILES string of the molecule is O=CC1=CCC(OC[C@H]2CCCO2)C=C1/C=C\NC1C=CC(OC2CCCN3CCCCC23)=CC1. The normalized spacial score (nSPS) is 33.6. The molecule has 5 atom stereocenters. The first-order valence-electron chi connectivity index (χ1n) is 13.6. The molecular weight excluding hydrogens is 440 g/mol. The molecular formula is C29H40N2O4. The summed E-state index contributed by atoms with van der Waals surface area (Å²) in [5.41, 5.74) is 1.63. The lowest BCUT2D eigenvalue weighted by Crippen LogP contribution is -2.51. The van der Waals surface area contributed by atoms with E-state index >= 15 is 0 Å². The van der Waals surface area contributed by atoms with Gasteiger partial charge in [0.1, 0.15) is 18.1 Å². The lowest BCUT2D eigenvalue weighted by atomic mass is 9.90. The molecule has 35 heavy (non-hydrogen) atoms. The molecule has 5 aliphatic rings. The van der Waals surface area contributed by atoms with Gasteiger partial charge in [0, 0.05) is 24.3 Å². The van der Waals surface area contributed by atoms with Crippen LogP contribution >= 0.6 is 0 Å². The molecule has 0 aromatic rings. The van der Waals surface area contributed by atoms with Crippen LogP contribution in [0.2, 0.25) is 0 Å². The van der Waals surface area contributed by atoms with E-state index in [0.29, 0.717) is 18.8 Å². The summed E-state index contributed by atoms with van der Waals surface area (Å²) >= 11 is 0. The third-order valence-electron chi connectivity index (χ3n) is 7.87. The molecule has 0 amide bonds. The molecule has 190 valence electrons. The molecule has 3 saturated heterocycles. The predicted octanol–water partition coefficient (Wildman–Crippen LogP) is 4.36. The molecule has 2 aliphatic carbocycles. The highest BCUT2D eigenvalue weighted by molar-refractivity contribution is 5.82. The number of piperidine rings is 2. The first kappa shape index (κ1) is 24.5. The first-order valence-corrected chi connectivity index (χ1v) is 13.6. The van der Waals surface area contributed by atoms with Crippen LogP contribution in [0, 0.1) is 0 Å².